The summed E-state index contributed by atoms with van der Waals surface area (Å²) in [6, 6.07) is 24.9. The number of aromatic nitrogens is 4. The molecule has 6 aromatic rings. The van der Waals surface area contributed by atoms with Crippen LogP contribution >= 0.6 is 38.6 Å². The number of rotatable bonds is 23. The zero-order valence-corrected chi connectivity index (χ0v) is 49.6. The number of morpholine rings is 2. The first-order valence-corrected chi connectivity index (χ1v) is 36.1. The molecular weight excluding hydrogens is 1110 g/mol. The second-order valence-corrected chi connectivity index (χ2v) is 35.3. The van der Waals surface area contributed by atoms with Gasteiger partial charge in [0.2, 0.25) is 11.8 Å². The van der Waals surface area contributed by atoms with E-state index in [0.29, 0.717) is 25.9 Å². The van der Waals surface area contributed by atoms with E-state index in [9.17, 15) is 9.59 Å². The minimum Gasteiger partial charge on any atom is -0.379 e. The maximum absolute atomic E-state index is 12.3. The molecule has 6 heterocycles. The molecule has 0 spiro atoms. The van der Waals surface area contributed by atoms with Crippen molar-refractivity contribution >= 4 is 72.5 Å². The molecule has 72 heavy (non-hydrogen) atoms. The largest absolute Gasteiger partial charge is 0.379 e. The molecule has 2 aromatic carbocycles. The maximum atomic E-state index is 12.3. The van der Waals surface area contributed by atoms with Crippen LogP contribution in [0.25, 0.3) is 32.1 Å². The van der Waals surface area contributed by atoms with Crippen molar-refractivity contribution in [3.8, 4) is 32.1 Å². The van der Waals surface area contributed by atoms with Crippen LogP contribution in [0.5, 0.6) is 0 Å². The fourth-order valence-corrected chi connectivity index (χ4v) is 27.0. The van der Waals surface area contributed by atoms with Crippen LogP contribution in [0.3, 0.4) is 0 Å². The van der Waals surface area contributed by atoms with Gasteiger partial charge in [0, 0.05) is 95.1 Å². The van der Waals surface area contributed by atoms with Gasteiger partial charge >= 0.3 is 124 Å². The molecule has 2 N–H and O–H groups in total. The second kappa shape index (κ2) is 31.3. The Morgan fingerprint density at radius 3 is 1.56 bits per heavy atom. The predicted octanol–water partition coefficient (Wildman–Crippen LogP) is 10.5. The number of carbonyl (C=O) groups is 2. The molecule has 2 aliphatic rings. The van der Waals surface area contributed by atoms with Crippen molar-refractivity contribution in [2.24, 2.45) is 14.1 Å². The predicted molar refractivity (Wildman–Crippen MR) is 305 cm³/mol. The third kappa shape index (κ3) is 19.2. The van der Waals surface area contributed by atoms with E-state index in [1.807, 2.05) is 48.7 Å². The second-order valence-electron chi connectivity index (χ2n) is 19.0. The maximum Gasteiger partial charge on any atom is 0.225 e. The summed E-state index contributed by atoms with van der Waals surface area (Å²) in [6.07, 6.45) is 17.3. The third-order valence-corrected chi connectivity index (χ3v) is 31.1. The topological polar surface area (TPSA) is 119 Å². The molecule has 0 radical (unpaired) electrons. The number of aryl methyl sites for hydroxylation is 2. The molecule has 4 aromatic heterocycles. The minimum atomic E-state index is -2.21. The van der Waals surface area contributed by atoms with Crippen LogP contribution in [0.2, 0.25) is 13.3 Å². The van der Waals surface area contributed by atoms with E-state index in [1.165, 1.54) is 67.2 Å². The molecule has 2 aliphatic heterocycles. The number of ether oxygens (including phenoxy) is 2. The summed E-state index contributed by atoms with van der Waals surface area (Å²) in [5.74, 6) is 0.166. The Morgan fingerprint density at radius 2 is 1.10 bits per heavy atom. The van der Waals surface area contributed by atoms with E-state index in [0.717, 1.165) is 96.7 Å². The van der Waals surface area contributed by atoms with E-state index in [-0.39, 0.29) is 11.8 Å². The van der Waals surface area contributed by atoms with Crippen LogP contribution in [-0.2, 0) is 46.0 Å². The molecule has 0 atom stereocenters. The van der Waals surface area contributed by atoms with E-state index >= 15 is 0 Å². The van der Waals surface area contributed by atoms with E-state index in [1.54, 1.807) is 26.4 Å². The number of hydrogen-bond acceptors (Lipinski definition) is 10. The first-order chi connectivity index (χ1) is 35.1. The Bertz CT molecular complexity index is 2490. The Labute approximate surface area is 450 Å². The van der Waals surface area contributed by atoms with Crippen molar-refractivity contribution < 1.29 is 19.1 Å². The Hall–Kier alpha value is -3.68. The van der Waals surface area contributed by atoms with Crippen molar-refractivity contribution in [2.75, 3.05) is 78.8 Å². The van der Waals surface area contributed by atoms with Gasteiger partial charge in [0.1, 0.15) is 0 Å². The third-order valence-electron chi connectivity index (χ3n) is 13.2. The average molecular weight is 1190 g/mol. The molecule has 8 rings (SSSR count). The van der Waals surface area contributed by atoms with Crippen molar-refractivity contribution in [1.82, 2.24) is 39.5 Å². The van der Waals surface area contributed by atoms with Gasteiger partial charge in [-0.05, 0) is 53.6 Å². The van der Waals surface area contributed by atoms with Crippen LogP contribution < -0.4 is 14.3 Å². The number of imidazole rings is 2. The molecular formula is C56H79BrN8O4S2Sn. The number of benzene rings is 2. The molecule has 2 saturated heterocycles. The molecule has 0 saturated carbocycles. The van der Waals surface area contributed by atoms with Gasteiger partial charge in [0.15, 0.2) is 0 Å². The van der Waals surface area contributed by atoms with Crippen LogP contribution in [0, 0.1) is 0 Å². The van der Waals surface area contributed by atoms with Gasteiger partial charge in [0.05, 0.1) is 51.3 Å². The van der Waals surface area contributed by atoms with Gasteiger partial charge in [-0.25, -0.2) is 4.98 Å². The van der Waals surface area contributed by atoms with Crippen molar-refractivity contribution in [2.45, 2.75) is 85.4 Å². The van der Waals surface area contributed by atoms with Crippen LogP contribution in [-0.4, -0.2) is 138 Å². The number of halogens is 1. The number of nitrogens with zero attached hydrogens (tertiary/aromatic N) is 6. The number of unbranched alkanes of at least 4 members (excludes halogenated alkanes) is 3. The zero-order chi connectivity index (χ0) is 51.0. The van der Waals surface area contributed by atoms with E-state index in [2.05, 4.69) is 135 Å². The average Bonchev–Trinajstić information content (AvgIpc) is 4.25. The number of nitrogens with one attached hydrogen (secondary N) is 2. The fourth-order valence-electron chi connectivity index (χ4n) is 9.08. The van der Waals surface area contributed by atoms with Crippen molar-refractivity contribution in [3.05, 3.63) is 112 Å². The summed E-state index contributed by atoms with van der Waals surface area (Å²) in [6.45, 7) is 17.1. The molecule has 390 valence electrons. The summed E-state index contributed by atoms with van der Waals surface area (Å²) >= 11 is 4.64. The molecule has 2 fully saturated rings. The summed E-state index contributed by atoms with van der Waals surface area (Å²) in [7, 11) is 4.09. The smallest absolute Gasteiger partial charge is 0.225 e. The van der Waals surface area contributed by atoms with E-state index < -0.39 is 18.4 Å². The molecule has 0 bridgehead atoms. The van der Waals surface area contributed by atoms with Gasteiger partial charge < -0.3 is 24.7 Å². The van der Waals surface area contributed by atoms with Crippen molar-refractivity contribution in [1.29, 1.82) is 0 Å². The normalized spacial score (nSPS) is 14.2. The molecule has 16 heteroatoms. The number of thiophene rings is 2. The van der Waals surface area contributed by atoms with Gasteiger partial charge in [-0.3, -0.25) is 19.4 Å². The van der Waals surface area contributed by atoms with Crippen LogP contribution in [0.1, 0.15) is 69.1 Å². The standard InChI is InChI=1S/C22H26N4O2S.C18H21BrN2O2S.C4H5N2.3C4H9.Sn/c1-25-15-20(24-16-25)17-3-2-4-18(13-17)21-6-5-19(29-21)14-22(27)23-7-8-26-9-11-28-12-10-26;19-15-3-1-2-14(12-15)17-5-4-16(24-17)13-18(22)20-6-7-21-8-10-23-11-9-21;1-6-3-2-5-4-6;3*1-3-4-2;/h2-6,13,15-16H,7-12,14H2,1H3,(H,23,27);1-5,12H,6-11,13H2,(H,20,22);3-4H,1H3;3*1,3-4H2,2H3;. The number of hydrogen-bond donors (Lipinski definition) is 2. The van der Waals surface area contributed by atoms with Crippen LogP contribution in [0.15, 0.2) is 102 Å². The molecule has 2 amide bonds. The Kier molecular flexibility index (Phi) is 25.0. The first kappa shape index (κ1) is 57.6. The summed E-state index contributed by atoms with van der Waals surface area (Å²) < 4.78 is 21.9. The number of amides is 2. The fraction of sp³-hybridized carbons (Fsp3) is 0.500. The van der Waals surface area contributed by atoms with Gasteiger partial charge in [-0.1, -0.05) is 46.3 Å². The SMILES string of the molecule is CCC[CH2][Sn]([CH2]CCC)([CH2]CCC)[c]1cn(C)cn1.Cn1cnc(-c2cccc(-c3ccc(CC(=O)NCCN4CCOCC4)s3)c2)c1.O=C(Cc1ccc(-c2cccc(Br)c2)s1)NCCN1CCOCC1. The molecule has 0 unspecified atom stereocenters. The molecule has 12 nitrogen and oxygen atoms in total. The Balaban J connectivity index is 0.000000181. The van der Waals surface area contributed by atoms with Crippen LogP contribution in [0.4, 0.5) is 0 Å². The van der Waals surface area contributed by atoms with Gasteiger partial charge in [-0.2, -0.15) is 0 Å². The first-order valence-electron chi connectivity index (χ1n) is 26.2. The van der Waals surface area contributed by atoms with Crippen molar-refractivity contribution in [3.63, 3.8) is 0 Å². The summed E-state index contributed by atoms with van der Waals surface area (Å²) in [5, 5.41) is 6.05. The zero-order valence-electron chi connectivity index (χ0n) is 43.5. The minimum absolute atomic E-state index is 0.0777. The molecule has 0 aliphatic carbocycles. The van der Waals surface area contributed by atoms with Gasteiger partial charge in [0.25, 0.3) is 0 Å². The number of carbonyl (C=O) groups excluding carboxylic acids is 2. The van der Waals surface area contributed by atoms with Gasteiger partial charge in [-0.15, -0.1) is 22.7 Å². The van der Waals surface area contributed by atoms with E-state index in [4.69, 9.17) is 14.5 Å². The quantitative estimate of drug-likeness (QED) is 0.0609. The summed E-state index contributed by atoms with van der Waals surface area (Å²) in [4.78, 5) is 42.8. The summed E-state index contributed by atoms with van der Waals surface area (Å²) in [5.41, 5.74) is 4.38. The Morgan fingerprint density at radius 1 is 0.625 bits per heavy atom. The monoisotopic (exact) mass is 1190 g/mol.